The number of urea groups is 1. The highest BCUT2D eigenvalue weighted by Crippen LogP contribution is 2.19. The Morgan fingerprint density at radius 3 is 2.88 bits per heavy atom. The minimum atomic E-state index is -0.0613. The van der Waals surface area contributed by atoms with Crippen molar-refractivity contribution in [2.45, 2.75) is 52.5 Å². The molecule has 0 aliphatic heterocycles. The summed E-state index contributed by atoms with van der Waals surface area (Å²) in [4.78, 5) is 11.7. The molecular formula is C14H24N2O. The molecule has 0 radical (unpaired) electrons. The largest absolute Gasteiger partial charge is 0.338 e. The molecule has 0 saturated carbocycles. The maximum atomic E-state index is 11.7. The lowest BCUT2D eigenvalue weighted by atomic mass is 9.94. The SMILES string of the molecule is CCCCNC(=O)NC1C=C(C)CC=C1CC. The predicted octanol–water partition coefficient (Wildman–Crippen LogP) is 3.14. The number of hydrogen-bond acceptors (Lipinski definition) is 1. The summed E-state index contributed by atoms with van der Waals surface area (Å²) in [6.07, 6.45) is 8.51. The molecule has 1 aliphatic rings. The van der Waals surface area contributed by atoms with E-state index in [-0.39, 0.29) is 12.1 Å². The smallest absolute Gasteiger partial charge is 0.315 e. The number of allylic oxidation sites excluding steroid dienone is 2. The molecule has 3 nitrogen and oxygen atoms in total. The van der Waals surface area contributed by atoms with E-state index in [2.05, 4.69) is 43.6 Å². The van der Waals surface area contributed by atoms with Crippen molar-refractivity contribution >= 4 is 6.03 Å². The van der Waals surface area contributed by atoms with Crippen LogP contribution in [0, 0.1) is 0 Å². The molecule has 0 aromatic rings. The van der Waals surface area contributed by atoms with E-state index in [9.17, 15) is 4.79 Å². The summed E-state index contributed by atoms with van der Waals surface area (Å²) in [6.45, 7) is 7.10. The van der Waals surface area contributed by atoms with E-state index >= 15 is 0 Å². The van der Waals surface area contributed by atoms with Crippen molar-refractivity contribution in [3.63, 3.8) is 0 Å². The Morgan fingerprint density at radius 2 is 2.24 bits per heavy atom. The highest BCUT2D eigenvalue weighted by molar-refractivity contribution is 5.75. The van der Waals surface area contributed by atoms with Crippen molar-refractivity contribution in [1.29, 1.82) is 0 Å². The molecule has 1 unspecified atom stereocenters. The standard InChI is InChI=1S/C14H24N2O/c1-4-6-9-15-14(17)16-13-10-11(3)7-8-12(13)5-2/h8,10,13H,4-7,9H2,1-3H3,(H2,15,16,17). The highest BCUT2D eigenvalue weighted by Gasteiger charge is 2.16. The molecule has 0 fully saturated rings. The first-order valence-electron chi connectivity index (χ1n) is 6.58. The Morgan fingerprint density at radius 1 is 1.47 bits per heavy atom. The van der Waals surface area contributed by atoms with Gasteiger partial charge in [0.15, 0.2) is 0 Å². The van der Waals surface area contributed by atoms with Crippen molar-refractivity contribution in [1.82, 2.24) is 10.6 Å². The van der Waals surface area contributed by atoms with Crippen molar-refractivity contribution in [3.8, 4) is 0 Å². The third-order valence-corrected chi connectivity index (χ3v) is 3.05. The quantitative estimate of drug-likeness (QED) is 0.559. The fraction of sp³-hybridized carbons (Fsp3) is 0.643. The van der Waals surface area contributed by atoms with Crippen LogP contribution in [0.3, 0.4) is 0 Å². The summed E-state index contributed by atoms with van der Waals surface area (Å²) in [5.41, 5.74) is 2.63. The van der Waals surface area contributed by atoms with Crippen molar-refractivity contribution in [3.05, 3.63) is 23.3 Å². The molecule has 0 saturated heterocycles. The topological polar surface area (TPSA) is 41.1 Å². The number of unbranched alkanes of at least 4 members (excludes halogenated alkanes) is 1. The molecule has 96 valence electrons. The van der Waals surface area contributed by atoms with Gasteiger partial charge in [-0.05, 0) is 31.8 Å². The van der Waals surface area contributed by atoms with Gasteiger partial charge in [0.2, 0.25) is 0 Å². The van der Waals surface area contributed by atoms with E-state index in [1.54, 1.807) is 0 Å². The van der Waals surface area contributed by atoms with E-state index < -0.39 is 0 Å². The van der Waals surface area contributed by atoms with Crippen LogP contribution in [0.25, 0.3) is 0 Å². The maximum absolute atomic E-state index is 11.7. The second kappa shape index (κ2) is 7.15. The van der Waals surface area contributed by atoms with Gasteiger partial charge in [-0.1, -0.05) is 38.0 Å². The van der Waals surface area contributed by atoms with Gasteiger partial charge in [-0.2, -0.15) is 0 Å². The van der Waals surface area contributed by atoms with Gasteiger partial charge in [-0.3, -0.25) is 0 Å². The number of amides is 2. The van der Waals surface area contributed by atoms with Crippen LogP contribution in [-0.2, 0) is 0 Å². The van der Waals surface area contributed by atoms with Crippen LogP contribution in [0.15, 0.2) is 23.3 Å². The third kappa shape index (κ3) is 4.63. The molecule has 1 aliphatic carbocycles. The molecule has 0 bridgehead atoms. The number of carbonyl (C=O) groups is 1. The summed E-state index contributed by atoms with van der Waals surface area (Å²) >= 11 is 0. The first-order valence-corrected chi connectivity index (χ1v) is 6.58. The monoisotopic (exact) mass is 236 g/mol. The zero-order chi connectivity index (χ0) is 12.7. The highest BCUT2D eigenvalue weighted by atomic mass is 16.2. The molecular weight excluding hydrogens is 212 g/mol. The first kappa shape index (κ1) is 13.8. The molecule has 1 atom stereocenters. The fourth-order valence-corrected chi connectivity index (χ4v) is 1.95. The van der Waals surface area contributed by atoms with Crippen LogP contribution in [0.1, 0.15) is 46.5 Å². The molecule has 17 heavy (non-hydrogen) atoms. The van der Waals surface area contributed by atoms with E-state index in [1.807, 2.05) is 0 Å². The fourth-order valence-electron chi connectivity index (χ4n) is 1.95. The van der Waals surface area contributed by atoms with Crippen LogP contribution < -0.4 is 10.6 Å². The van der Waals surface area contributed by atoms with Gasteiger partial charge in [0.05, 0.1) is 6.04 Å². The Labute approximate surface area is 104 Å². The average Bonchev–Trinajstić information content (AvgIpc) is 2.29. The van der Waals surface area contributed by atoms with Crippen molar-refractivity contribution in [2.24, 2.45) is 0 Å². The summed E-state index contributed by atoms with van der Waals surface area (Å²) in [5.74, 6) is 0. The predicted molar refractivity (Wildman–Crippen MR) is 72.0 cm³/mol. The van der Waals surface area contributed by atoms with Crippen LogP contribution in [0.2, 0.25) is 0 Å². The molecule has 2 N–H and O–H groups in total. The molecule has 0 spiro atoms. The van der Waals surface area contributed by atoms with Crippen molar-refractivity contribution < 1.29 is 4.79 Å². The van der Waals surface area contributed by atoms with Gasteiger partial charge < -0.3 is 10.6 Å². The number of rotatable bonds is 5. The summed E-state index contributed by atoms with van der Waals surface area (Å²) in [6, 6.07) is 0.0177. The van der Waals surface area contributed by atoms with Crippen LogP contribution >= 0.6 is 0 Å². The zero-order valence-electron chi connectivity index (χ0n) is 11.2. The molecule has 1 rings (SSSR count). The van der Waals surface area contributed by atoms with Gasteiger partial charge in [-0.25, -0.2) is 4.79 Å². The molecule has 2 amide bonds. The van der Waals surface area contributed by atoms with Gasteiger partial charge >= 0.3 is 6.03 Å². The average molecular weight is 236 g/mol. The normalized spacial score (nSPS) is 19.4. The Balaban J connectivity index is 2.45. The summed E-state index contributed by atoms with van der Waals surface area (Å²) in [5, 5.41) is 5.90. The van der Waals surface area contributed by atoms with E-state index in [4.69, 9.17) is 0 Å². The minimum absolute atomic E-state index is 0.0613. The second-order valence-corrected chi connectivity index (χ2v) is 4.58. The van der Waals surface area contributed by atoms with Crippen LogP contribution in [0.5, 0.6) is 0 Å². The number of carbonyl (C=O) groups excluding carboxylic acids is 1. The van der Waals surface area contributed by atoms with Gasteiger partial charge in [0, 0.05) is 6.54 Å². The lowest BCUT2D eigenvalue weighted by Crippen LogP contribution is -2.43. The lowest BCUT2D eigenvalue weighted by Gasteiger charge is -2.22. The lowest BCUT2D eigenvalue weighted by molar-refractivity contribution is 0.239. The molecule has 0 aromatic heterocycles. The zero-order valence-corrected chi connectivity index (χ0v) is 11.2. The number of hydrogen-bond donors (Lipinski definition) is 2. The van der Waals surface area contributed by atoms with E-state index in [0.29, 0.717) is 0 Å². The molecule has 0 heterocycles. The Bertz CT molecular complexity index is 318. The Kier molecular flexibility index (Phi) is 5.81. The molecule has 3 heteroatoms. The van der Waals surface area contributed by atoms with Crippen LogP contribution in [-0.4, -0.2) is 18.6 Å². The van der Waals surface area contributed by atoms with E-state index in [0.717, 1.165) is 32.2 Å². The maximum Gasteiger partial charge on any atom is 0.315 e. The van der Waals surface area contributed by atoms with Gasteiger partial charge in [-0.15, -0.1) is 0 Å². The summed E-state index contributed by atoms with van der Waals surface area (Å²) < 4.78 is 0. The van der Waals surface area contributed by atoms with Gasteiger partial charge in [0.1, 0.15) is 0 Å². The summed E-state index contributed by atoms with van der Waals surface area (Å²) in [7, 11) is 0. The Hall–Kier alpha value is -1.25. The first-order chi connectivity index (χ1) is 8.17. The minimum Gasteiger partial charge on any atom is -0.338 e. The van der Waals surface area contributed by atoms with Crippen LogP contribution in [0.4, 0.5) is 4.79 Å². The number of nitrogens with one attached hydrogen (secondary N) is 2. The van der Waals surface area contributed by atoms with E-state index in [1.165, 1.54) is 11.1 Å². The molecule has 0 aromatic carbocycles. The van der Waals surface area contributed by atoms with Crippen molar-refractivity contribution in [2.75, 3.05) is 6.54 Å². The second-order valence-electron chi connectivity index (χ2n) is 4.58. The third-order valence-electron chi connectivity index (χ3n) is 3.05. The van der Waals surface area contributed by atoms with Gasteiger partial charge in [0.25, 0.3) is 0 Å².